The average Bonchev–Trinajstić information content (AvgIpc) is 2.70. The van der Waals surface area contributed by atoms with Crippen LogP contribution in [0.1, 0.15) is 12.5 Å². The topological polar surface area (TPSA) is 119 Å². The second-order valence-electron chi connectivity index (χ2n) is 4.02. The molecule has 2 N–H and O–H groups in total. The summed E-state index contributed by atoms with van der Waals surface area (Å²) in [6.07, 6.45) is 1.80. The maximum atomic E-state index is 13.6. The quantitative estimate of drug-likeness (QED) is 0.348. The van der Waals surface area contributed by atoms with Crippen LogP contribution in [0.15, 0.2) is 29.0 Å². The molecule has 1 aliphatic rings. The van der Waals surface area contributed by atoms with Crippen molar-refractivity contribution in [2.45, 2.75) is 18.6 Å². The maximum Gasteiger partial charge on any atom is 1.00 e. The van der Waals surface area contributed by atoms with Crippen molar-refractivity contribution in [3.05, 3.63) is 34.7 Å². The summed E-state index contributed by atoms with van der Waals surface area (Å²) in [5.74, 6) is -0.516. The van der Waals surface area contributed by atoms with E-state index in [0.717, 1.165) is 0 Å². The first-order valence-corrected chi connectivity index (χ1v) is 6.67. The average molecular weight is 326 g/mol. The molecular formula is C10H11FN3NaO5P+. The largest absolute Gasteiger partial charge is 1.00 e. The molecule has 0 aromatic carbocycles. The van der Waals surface area contributed by atoms with E-state index < -0.39 is 38.7 Å². The van der Waals surface area contributed by atoms with Gasteiger partial charge in [0.2, 0.25) is 6.79 Å². The summed E-state index contributed by atoms with van der Waals surface area (Å²) in [6, 6.07) is 0.855. The SMILES string of the molecule is Nc1ccn(C2C=C(F)C(OCO[P+](=O)[O-])C2)c(=O)n1.[Na+]. The zero-order chi connectivity index (χ0) is 14.7. The van der Waals surface area contributed by atoms with E-state index in [9.17, 15) is 18.6 Å². The molecule has 1 heterocycles. The first kappa shape index (κ1) is 18.4. The van der Waals surface area contributed by atoms with E-state index in [1.807, 2.05) is 0 Å². The van der Waals surface area contributed by atoms with E-state index in [2.05, 4.69) is 9.51 Å². The van der Waals surface area contributed by atoms with Crippen molar-refractivity contribution in [3.8, 4) is 0 Å². The molecule has 11 heteroatoms. The smallest absolute Gasteiger partial charge is 0.566 e. The van der Waals surface area contributed by atoms with Gasteiger partial charge in [-0.15, -0.1) is 4.52 Å². The Morgan fingerprint density at radius 3 is 2.95 bits per heavy atom. The van der Waals surface area contributed by atoms with Crippen LogP contribution >= 0.6 is 8.25 Å². The second kappa shape index (κ2) is 8.09. The number of aromatic nitrogens is 2. The van der Waals surface area contributed by atoms with Crippen LogP contribution in [-0.4, -0.2) is 22.4 Å². The van der Waals surface area contributed by atoms with Gasteiger partial charge in [0.25, 0.3) is 0 Å². The molecule has 0 fully saturated rings. The normalized spacial score (nSPS) is 21.6. The Balaban J connectivity index is 0.00000220. The Bertz CT molecular complexity index is 611. The summed E-state index contributed by atoms with van der Waals surface area (Å²) in [5, 5.41) is 0. The second-order valence-corrected chi connectivity index (χ2v) is 4.73. The van der Waals surface area contributed by atoms with Crippen LogP contribution in [0.2, 0.25) is 0 Å². The predicted octanol–water partition coefficient (Wildman–Crippen LogP) is -3.00. The van der Waals surface area contributed by atoms with Crippen LogP contribution in [0, 0.1) is 0 Å². The first-order valence-electron chi connectivity index (χ1n) is 5.58. The van der Waals surface area contributed by atoms with Gasteiger partial charge in [0, 0.05) is 12.6 Å². The van der Waals surface area contributed by atoms with Crippen LogP contribution in [0.25, 0.3) is 0 Å². The molecule has 0 amide bonds. The summed E-state index contributed by atoms with van der Waals surface area (Å²) in [4.78, 5) is 25.3. The summed E-state index contributed by atoms with van der Waals surface area (Å²) in [7, 11) is -3.04. The fourth-order valence-corrected chi connectivity index (χ4v) is 2.01. The Morgan fingerprint density at radius 1 is 1.62 bits per heavy atom. The number of allylic oxidation sites excluding steroid dienone is 1. The summed E-state index contributed by atoms with van der Waals surface area (Å²) in [5.41, 5.74) is 4.76. The molecule has 0 bridgehead atoms. The minimum atomic E-state index is -3.04. The zero-order valence-corrected chi connectivity index (χ0v) is 14.0. The van der Waals surface area contributed by atoms with Gasteiger partial charge < -0.3 is 15.4 Å². The maximum absolute atomic E-state index is 13.6. The fraction of sp³-hybridized carbons (Fsp3) is 0.400. The minimum absolute atomic E-state index is 0. The molecule has 0 radical (unpaired) electrons. The number of halogens is 1. The van der Waals surface area contributed by atoms with Crippen molar-refractivity contribution in [2.24, 2.45) is 0 Å². The molecule has 1 aliphatic carbocycles. The molecule has 8 nitrogen and oxygen atoms in total. The summed E-state index contributed by atoms with van der Waals surface area (Å²) < 4.78 is 34.1. The van der Waals surface area contributed by atoms with Crippen molar-refractivity contribution in [1.82, 2.24) is 9.55 Å². The number of nitrogens with two attached hydrogens (primary N) is 1. The Labute approximate surface area is 142 Å². The molecule has 21 heavy (non-hydrogen) atoms. The number of rotatable bonds is 5. The van der Waals surface area contributed by atoms with Crippen LogP contribution in [0.4, 0.5) is 10.2 Å². The van der Waals surface area contributed by atoms with Gasteiger partial charge in [0.1, 0.15) is 17.7 Å². The third kappa shape index (κ3) is 4.93. The molecule has 0 saturated heterocycles. The summed E-state index contributed by atoms with van der Waals surface area (Å²) in [6.45, 7) is -0.577. The van der Waals surface area contributed by atoms with Crippen molar-refractivity contribution < 1.29 is 52.7 Å². The number of hydrogen-bond acceptors (Lipinski definition) is 7. The van der Waals surface area contributed by atoms with Crippen molar-refractivity contribution in [2.75, 3.05) is 12.5 Å². The summed E-state index contributed by atoms with van der Waals surface area (Å²) >= 11 is 0. The van der Waals surface area contributed by atoms with Crippen LogP contribution < -0.4 is 45.9 Å². The first-order chi connectivity index (χ1) is 9.47. The van der Waals surface area contributed by atoms with Gasteiger partial charge in [0.05, 0.1) is 6.04 Å². The molecule has 3 unspecified atom stereocenters. The Morgan fingerprint density at radius 2 is 2.33 bits per heavy atom. The molecule has 0 saturated carbocycles. The predicted molar refractivity (Wildman–Crippen MR) is 64.2 cm³/mol. The van der Waals surface area contributed by atoms with Gasteiger partial charge in [-0.05, 0) is 16.7 Å². The fourth-order valence-electron chi connectivity index (χ4n) is 1.87. The Hall–Kier alpha value is -0.670. The van der Waals surface area contributed by atoms with Crippen molar-refractivity contribution >= 4 is 14.1 Å². The minimum Gasteiger partial charge on any atom is -0.566 e. The molecular weight excluding hydrogens is 315 g/mol. The third-order valence-corrected chi connectivity index (χ3v) is 3.07. The van der Waals surface area contributed by atoms with Gasteiger partial charge in [-0.3, -0.25) is 4.57 Å². The molecule has 0 aliphatic heterocycles. The number of hydrogen-bond donors (Lipinski definition) is 1. The van der Waals surface area contributed by atoms with Gasteiger partial charge in [-0.1, -0.05) is 0 Å². The van der Waals surface area contributed by atoms with Gasteiger partial charge in [-0.25, -0.2) is 9.18 Å². The number of anilines is 1. The Kier molecular flexibility index (Phi) is 7.08. The van der Waals surface area contributed by atoms with Gasteiger partial charge in [0.15, 0.2) is 0 Å². The molecule has 2 rings (SSSR count). The van der Waals surface area contributed by atoms with E-state index >= 15 is 0 Å². The molecule has 1 aromatic heterocycles. The van der Waals surface area contributed by atoms with E-state index in [0.29, 0.717) is 0 Å². The molecule has 108 valence electrons. The standard InChI is InChI=1S/C10H11FN3O5P.Na/c11-7-3-6(4-8(7)18-5-19-20(16)17)14-2-1-9(12)13-10(14)15;/h1-3,6,8H,4-5H2,(H2,12,13,15);/q;+1. The number of nitrogens with zero attached hydrogens (tertiary/aromatic N) is 2. The van der Waals surface area contributed by atoms with Crippen LogP contribution in [0.3, 0.4) is 0 Å². The van der Waals surface area contributed by atoms with E-state index in [-0.39, 0.29) is 41.8 Å². The van der Waals surface area contributed by atoms with Crippen LogP contribution in [0.5, 0.6) is 0 Å². The van der Waals surface area contributed by atoms with Crippen molar-refractivity contribution in [1.29, 1.82) is 0 Å². The third-order valence-electron chi connectivity index (χ3n) is 2.75. The molecule has 0 spiro atoms. The monoisotopic (exact) mass is 326 g/mol. The van der Waals surface area contributed by atoms with E-state index in [4.69, 9.17) is 10.5 Å². The van der Waals surface area contributed by atoms with E-state index in [1.165, 1.54) is 22.9 Å². The number of ether oxygens (including phenoxy) is 1. The van der Waals surface area contributed by atoms with Gasteiger partial charge in [-0.2, -0.15) is 4.98 Å². The van der Waals surface area contributed by atoms with Gasteiger partial charge >= 0.3 is 43.5 Å². The molecule has 1 aromatic rings. The van der Waals surface area contributed by atoms with Crippen molar-refractivity contribution in [3.63, 3.8) is 0 Å². The van der Waals surface area contributed by atoms with Crippen LogP contribution in [-0.2, 0) is 13.8 Å². The zero-order valence-electron chi connectivity index (χ0n) is 11.1. The van der Waals surface area contributed by atoms with E-state index in [1.54, 1.807) is 0 Å². The number of nitrogen functional groups attached to an aromatic ring is 1. The molecule has 3 atom stereocenters.